The molecule has 0 bridgehead atoms. The highest BCUT2D eigenvalue weighted by molar-refractivity contribution is 5.86. The predicted molar refractivity (Wildman–Crippen MR) is 196 cm³/mol. The maximum Gasteiger partial charge on any atom is 0.407 e. The topological polar surface area (TPSA) is 189 Å². The number of rotatable bonds is 15. The van der Waals surface area contributed by atoms with Gasteiger partial charge in [0.05, 0.1) is 36.9 Å². The number of hydrogen-bond acceptors (Lipinski definition) is 10. The highest BCUT2D eigenvalue weighted by atomic mass is 16.6. The molecule has 2 aliphatic heterocycles. The maximum absolute atomic E-state index is 13.7. The SMILES string of the molecule is CCC(C)CC(=O)NCCCCc1ncc(-c2ccc3c(c2)Oc2nnc(-c4cnc(C5CCCN5C(=O)C(NC(=O)OC)C(C)CC)[nH]4)cc2O3)[nH]1. The number of H-pyrrole nitrogens is 2. The van der Waals surface area contributed by atoms with Crippen molar-refractivity contribution in [3.63, 3.8) is 0 Å². The highest BCUT2D eigenvalue weighted by Crippen LogP contribution is 2.46. The van der Waals surface area contributed by atoms with Crippen molar-refractivity contribution >= 4 is 17.9 Å². The summed E-state index contributed by atoms with van der Waals surface area (Å²) in [4.78, 5) is 55.4. The van der Waals surface area contributed by atoms with Crippen LogP contribution in [0.25, 0.3) is 22.6 Å². The molecule has 3 aromatic heterocycles. The fourth-order valence-corrected chi connectivity index (χ4v) is 6.51. The molecule has 282 valence electrons. The maximum atomic E-state index is 13.7. The predicted octanol–water partition coefficient (Wildman–Crippen LogP) is 6.46. The van der Waals surface area contributed by atoms with Crippen molar-refractivity contribution in [3.05, 3.63) is 48.3 Å². The van der Waals surface area contributed by atoms with E-state index in [4.69, 9.17) is 14.2 Å². The van der Waals surface area contributed by atoms with Crippen LogP contribution in [0.5, 0.6) is 23.1 Å². The number of nitrogens with zero attached hydrogens (tertiary/aromatic N) is 5. The monoisotopic (exact) mass is 727 g/mol. The molecule has 15 nitrogen and oxygen atoms in total. The van der Waals surface area contributed by atoms with Crippen molar-refractivity contribution in [1.82, 2.24) is 45.7 Å². The first kappa shape index (κ1) is 37.3. The Hall–Kier alpha value is -5.47. The molecule has 2 aliphatic rings. The number of unbranched alkanes of at least 4 members (excludes halogenated alkanes) is 1. The van der Waals surface area contributed by atoms with Crippen LogP contribution in [0.3, 0.4) is 0 Å². The van der Waals surface area contributed by atoms with Crippen LogP contribution in [-0.2, 0) is 20.7 Å². The number of alkyl carbamates (subject to hydrolysis) is 1. The lowest BCUT2D eigenvalue weighted by atomic mass is 9.97. The average molecular weight is 728 g/mol. The van der Waals surface area contributed by atoms with Crippen molar-refractivity contribution in [2.45, 2.75) is 91.1 Å². The number of likely N-dealkylation sites (tertiary alicyclic amines) is 1. The molecular weight excluding hydrogens is 678 g/mol. The third-order valence-corrected chi connectivity index (χ3v) is 10.1. The van der Waals surface area contributed by atoms with Gasteiger partial charge in [0.25, 0.3) is 5.88 Å². The van der Waals surface area contributed by atoms with Gasteiger partial charge >= 0.3 is 6.09 Å². The number of fused-ring (bicyclic) bond motifs is 2. The molecule has 5 heterocycles. The molecule has 0 saturated carbocycles. The minimum Gasteiger partial charge on any atom is -0.453 e. The smallest absolute Gasteiger partial charge is 0.407 e. The van der Waals surface area contributed by atoms with Crippen LogP contribution < -0.4 is 20.1 Å². The third kappa shape index (κ3) is 8.78. The number of benzene rings is 1. The van der Waals surface area contributed by atoms with E-state index in [0.717, 1.165) is 55.6 Å². The number of aromatic nitrogens is 6. The Morgan fingerprint density at radius 2 is 1.81 bits per heavy atom. The molecule has 4 unspecified atom stereocenters. The number of carbonyl (C=O) groups is 3. The summed E-state index contributed by atoms with van der Waals surface area (Å²) in [6.45, 7) is 9.33. The molecule has 3 amide bonds. The summed E-state index contributed by atoms with van der Waals surface area (Å²) in [6.07, 6.45) is 9.23. The first-order chi connectivity index (χ1) is 25.7. The Kier molecular flexibility index (Phi) is 11.9. The second-order valence-electron chi connectivity index (χ2n) is 13.9. The summed E-state index contributed by atoms with van der Waals surface area (Å²) < 4.78 is 17.1. The Balaban J connectivity index is 1.06. The molecule has 53 heavy (non-hydrogen) atoms. The van der Waals surface area contributed by atoms with Gasteiger partial charge in [0.1, 0.15) is 23.4 Å². The lowest BCUT2D eigenvalue weighted by Gasteiger charge is -2.30. The minimum absolute atomic E-state index is 0.0782. The van der Waals surface area contributed by atoms with Gasteiger partial charge in [0.15, 0.2) is 17.2 Å². The summed E-state index contributed by atoms with van der Waals surface area (Å²) in [7, 11) is 1.29. The fourth-order valence-electron chi connectivity index (χ4n) is 6.51. The van der Waals surface area contributed by atoms with Crippen LogP contribution in [0.1, 0.15) is 90.3 Å². The quantitative estimate of drug-likeness (QED) is 0.0871. The lowest BCUT2D eigenvalue weighted by Crippen LogP contribution is -2.51. The Bertz CT molecular complexity index is 1910. The van der Waals surface area contributed by atoms with E-state index in [1.165, 1.54) is 7.11 Å². The number of carbonyl (C=O) groups excluding carboxylic acids is 3. The number of imidazole rings is 2. The molecule has 4 atom stereocenters. The number of ether oxygens (including phenoxy) is 3. The largest absolute Gasteiger partial charge is 0.453 e. The molecule has 0 aliphatic carbocycles. The van der Waals surface area contributed by atoms with Gasteiger partial charge in [-0.25, -0.2) is 14.8 Å². The van der Waals surface area contributed by atoms with Crippen molar-refractivity contribution in [2.75, 3.05) is 20.2 Å². The zero-order valence-electron chi connectivity index (χ0n) is 31.0. The van der Waals surface area contributed by atoms with Crippen molar-refractivity contribution in [3.8, 4) is 45.8 Å². The van der Waals surface area contributed by atoms with E-state index in [1.807, 2.05) is 32.0 Å². The van der Waals surface area contributed by atoms with Crippen LogP contribution in [-0.4, -0.2) is 79.2 Å². The summed E-state index contributed by atoms with van der Waals surface area (Å²) in [5, 5.41) is 14.4. The van der Waals surface area contributed by atoms with Gasteiger partial charge in [0, 0.05) is 37.6 Å². The second-order valence-corrected chi connectivity index (χ2v) is 13.9. The van der Waals surface area contributed by atoms with Crippen LogP contribution in [0, 0.1) is 11.8 Å². The number of amides is 3. The molecule has 0 radical (unpaired) electrons. The van der Waals surface area contributed by atoms with Crippen molar-refractivity contribution in [1.29, 1.82) is 0 Å². The molecular formula is C38H49N9O6. The summed E-state index contributed by atoms with van der Waals surface area (Å²) >= 11 is 0. The van der Waals surface area contributed by atoms with Gasteiger partial charge in [-0.05, 0) is 55.7 Å². The van der Waals surface area contributed by atoms with Gasteiger partial charge in [-0.15, -0.1) is 10.2 Å². The Labute approximate surface area is 309 Å². The molecule has 15 heteroatoms. The molecule has 1 saturated heterocycles. The van der Waals surface area contributed by atoms with Gasteiger partial charge in [-0.2, -0.15) is 0 Å². The number of aryl methyl sites for hydroxylation is 1. The van der Waals surface area contributed by atoms with E-state index in [0.29, 0.717) is 66.3 Å². The molecule has 4 N–H and O–H groups in total. The first-order valence-corrected chi connectivity index (χ1v) is 18.6. The molecule has 0 spiro atoms. The van der Waals surface area contributed by atoms with Gasteiger partial charge in [-0.1, -0.05) is 40.5 Å². The van der Waals surface area contributed by atoms with Crippen LogP contribution in [0.15, 0.2) is 36.7 Å². The van der Waals surface area contributed by atoms with Gasteiger partial charge in [0.2, 0.25) is 11.8 Å². The number of methoxy groups -OCH3 is 1. The van der Waals surface area contributed by atoms with Crippen molar-refractivity contribution in [2.24, 2.45) is 11.8 Å². The van der Waals surface area contributed by atoms with E-state index < -0.39 is 12.1 Å². The van der Waals surface area contributed by atoms with Crippen LogP contribution in [0.4, 0.5) is 4.79 Å². The van der Waals surface area contributed by atoms with Crippen molar-refractivity contribution < 1.29 is 28.6 Å². The average Bonchev–Trinajstić information content (AvgIpc) is 3.96. The minimum atomic E-state index is -0.705. The van der Waals surface area contributed by atoms with E-state index in [9.17, 15) is 14.4 Å². The molecule has 4 aromatic rings. The summed E-state index contributed by atoms with van der Waals surface area (Å²) in [6, 6.07) is 6.42. The van der Waals surface area contributed by atoms with Crippen LogP contribution >= 0.6 is 0 Å². The molecule has 1 fully saturated rings. The van der Waals surface area contributed by atoms with E-state index in [1.54, 1.807) is 23.4 Å². The van der Waals surface area contributed by atoms with E-state index in [2.05, 4.69) is 54.6 Å². The number of hydrogen-bond donors (Lipinski definition) is 4. The van der Waals surface area contributed by atoms with Crippen LogP contribution in [0.2, 0.25) is 0 Å². The van der Waals surface area contributed by atoms with Gasteiger partial charge < -0.3 is 39.7 Å². The number of nitrogens with one attached hydrogen (secondary N) is 4. The Morgan fingerprint density at radius 1 is 0.981 bits per heavy atom. The first-order valence-electron chi connectivity index (χ1n) is 18.6. The second kappa shape index (κ2) is 16.9. The number of aromatic amines is 2. The van der Waals surface area contributed by atoms with E-state index in [-0.39, 0.29) is 29.7 Å². The summed E-state index contributed by atoms with van der Waals surface area (Å²) in [5.41, 5.74) is 2.86. The zero-order chi connectivity index (χ0) is 37.5. The summed E-state index contributed by atoms with van der Waals surface area (Å²) in [5.74, 6) is 3.48. The fraction of sp³-hybridized carbons (Fsp3) is 0.500. The zero-order valence-corrected chi connectivity index (χ0v) is 31.0. The Morgan fingerprint density at radius 3 is 2.60 bits per heavy atom. The standard InChI is InChI=1S/C38H49N9O6/c1-6-22(3)17-33(48)39-15-9-8-12-32-40-20-26(42-32)24-13-14-29-30(18-24)53-36-31(52-29)19-25(45-46-36)27-21-41-35(43-27)28-11-10-16-47(28)37(49)34(23(4)7-2)44-38(50)51-5/h13-14,18-23,28,34H,6-12,15-17H2,1-5H3,(H,39,48)(H,40,42)(H,41,43)(H,44,50). The highest BCUT2D eigenvalue weighted by Gasteiger charge is 2.38. The lowest BCUT2D eigenvalue weighted by molar-refractivity contribution is -0.135. The normalized spacial score (nSPS) is 16.4. The third-order valence-electron chi connectivity index (χ3n) is 10.1. The van der Waals surface area contributed by atoms with E-state index >= 15 is 0 Å². The molecule has 1 aromatic carbocycles. The van der Waals surface area contributed by atoms with Gasteiger partial charge in [-0.3, -0.25) is 9.59 Å². The molecule has 6 rings (SSSR count).